The van der Waals surface area contributed by atoms with E-state index in [1.807, 2.05) is 12.1 Å². The summed E-state index contributed by atoms with van der Waals surface area (Å²) in [4.78, 5) is 14.6. The molecule has 0 unspecified atom stereocenters. The van der Waals surface area contributed by atoms with E-state index >= 15 is 0 Å². The predicted molar refractivity (Wildman–Crippen MR) is 98.9 cm³/mol. The highest BCUT2D eigenvalue weighted by Crippen LogP contribution is 2.31. The highest BCUT2D eigenvalue weighted by atomic mass is 35.5. The summed E-state index contributed by atoms with van der Waals surface area (Å²) < 4.78 is 5.09. The summed E-state index contributed by atoms with van der Waals surface area (Å²) in [6.07, 6.45) is 2.38. The van der Waals surface area contributed by atoms with Gasteiger partial charge in [0.15, 0.2) is 0 Å². The molecular formula is C18H18Cl2N2O2. The monoisotopic (exact) mass is 364 g/mol. The van der Waals surface area contributed by atoms with E-state index in [4.69, 9.17) is 27.9 Å². The van der Waals surface area contributed by atoms with E-state index in [2.05, 4.69) is 10.2 Å². The molecule has 0 aliphatic carbocycles. The summed E-state index contributed by atoms with van der Waals surface area (Å²) in [6.45, 7) is 2.05. The van der Waals surface area contributed by atoms with Crippen LogP contribution in [-0.4, -0.2) is 26.1 Å². The minimum absolute atomic E-state index is 0.246. The Kier molecular flexibility index (Phi) is 5.17. The number of halogens is 2. The molecule has 0 saturated carbocycles. The average Bonchev–Trinajstić information content (AvgIpc) is 3.09. The Morgan fingerprint density at radius 3 is 2.46 bits per heavy atom. The molecule has 1 heterocycles. The van der Waals surface area contributed by atoms with Gasteiger partial charge >= 0.3 is 0 Å². The van der Waals surface area contributed by atoms with E-state index in [0.717, 1.165) is 18.8 Å². The van der Waals surface area contributed by atoms with E-state index < -0.39 is 0 Å². The van der Waals surface area contributed by atoms with Crippen LogP contribution < -0.4 is 15.0 Å². The molecule has 24 heavy (non-hydrogen) atoms. The van der Waals surface area contributed by atoms with Crippen molar-refractivity contribution in [3.63, 3.8) is 0 Å². The number of anilines is 2. The van der Waals surface area contributed by atoms with Gasteiger partial charge in [0.25, 0.3) is 5.91 Å². The number of carbonyl (C=O) groups is 1. The molecule has 6 heteroatoms. The second kappa shape index (κ2) is 7.32. The first kappa shape index (κ1) is 16.9. The number of hydrogen-bond donors (Lipinski definition) is 1. The van der Waals surface area contributed by atoms with Crippen molar-refractivity contribution in [2.45, 2.75) is 12.8 Å². The first-order valence-corrected chi connectivity index (χ1v) is 8.53. The summed E-state index contributed by atoms with van der Waals surface area (Å²) in [6, 6.07) is 10.5. The van der Waals surface area contributed by atoms with Gasteiger partial charge in [-0.25, -0.2) is 0 Å². The van der Waals surface area contributed by atoms with Crippen molar-refractivity contribution in [3.05, 3.63) is 52.0 Å². The number of hydrogen-bond acceptors (Lipinski definition) is 3. The fraction of sp³-hybridized carbons (Fsp3) is 0.278. The van der Waals surface area contributed by atoms with E-state index in [-0.39, 0.29) is 5.91 Å². The zero-order chi connectivity index (χ0) is 17.1. The van der Waals surface area contributed by atoms with Gasteiger partial charge < -0.3 is 15.0 Å². The van der Waals surface area contributed by atoms with Gasteiger partial charge in [-0.15, -0.1) is 0 Å². The summed E-state index contributed by atoms with van der Waals surface area (Å²) in [5.41, 5.74) is 2.13. The van der Waals surface area contributed by atoms with E-state index in [0.29, 0.717) is 27.0 Å². The Hall–Kier alpha value is -1.91. The Balaban J connectivity index is 1.74. The molecule has 0 spiro atoms. The number of nitrogens with zero attached hydrogens (tertiary/aromatic N) is 1. The summed E-state index contributed by atoms with van der Waals surface area (Å²) >= 11 is 12.4. The van der Waals surface area contributed by atoms with Gasteiger partial charge in [0, 0.05) is 24.3 Å². The van der Waals surface area contributed by atoms with Crippen LogP contribution in [-0.2, 0) is 0 Å². The largest absolute Gasteiger partial charge is 0.495 e. The van der Waals surface area contributed by atoms with Crippen molar-refractivity contribution in [2.75, 3.05) is 30.4 Å². The molecule has 0 bridgehead atoms. The zero-order valence-electron chi connectivity index (χ0n) is 13.3. The first-order valence-electron chi connectivity index (χ1n) is 7.78. The zero-order valence-corrected chi connectivity index (χ0v) is 14.8. The van der Waals surface area contributed by atoms with E-state index in [9.17, 15) is 4.79 Å². The van der Waals surface area contributed by atoms with Crippen molar-refractivity contribution >= 4 is 40.5 Å². The summed E-state index contributed by atoms with van der Waals surface area (Å²) in [5.74, 6) is 0.288. The summed E-state index contributed by atoms with van der Waals surface area (Å²) in [7, 11) is 1.53. The average molecular weight is 365 g/mol. The van der Waals surface area contributed by atoms with Gasteiger partial charge in [0.05, 0.1) is 22.8 Å². The lowest BCUT2D eigenvalue weighted by Crippen LogP contribution is -2.18. The molecule has 1 fully saturated rings. The van der Waals surface area contributed by atoms with Gasteiger partial charge in [0.1, 0.15) is 5.75 Å². The van der Waals surface area contributed by atoms with Crippen LogP contribution in [0.3, 0.4) is 0 Å². The highest BCUT2D eigenvalue weighted by Gasteiger charge is 2.16. The van der Waals surface area contributed by atoms with Crippen molar-refractivity contribution in [2.24, 2.45) is 0 Å². The van der Waals surface area contributed by atoms with Gasteiger partial charge in [-0.3, -0.25) is 4.79 Å². The lowest BCUT2D eigenvalue weighted by molar-refractivity contribution is 0.102. The first-order chi connectivity index (χ1) is 11.6. The molecule has 1 saturated heterocycles. The quantitative estimate of drug-likeness (QED) is 0.842. The van der Waals surface area contributed by atoms with Crippen LogP contribution in [0.5, 0.6) is 5.75 Å². The van der Waals surface area contributed by atoms with E-state index in [1.165, 1.54) is 20.0 Å². The van der Waals surface area contributed by atoms with Crippen LogP contribution in [0.15, 0.2) is 36.4 Å². The fourth-order valence-corrected chi connectivity index (χ4v) is 3.37. The maximum absolute atomic E-state index is 12.4. The molecule has 0 aromatic heterocycles. The van der Waals surface area contributed by atoms with Crippen molar-refractivity contribution in [1.82, 2.24) is 0 Å². The third-order valence-electron chi connectivity index (χ3n) is 4.07. The standard InChI is InChI=1S/C18H18Cl2N2O2/c1-24-17-7-4-12(10-15(17)20)18(23)21-13-5-6-16(14(19)11-13)22-8-2-3-9-22/h4-7,10-11H,2-3,8-9H2,1H3,(H,21,23). The van der Waals surface area contributed by atoms with Crippen LogP contribution in [0.4, 0.5) is 11.4 Å². The van der Waals surface area contributed by atoms with Crippen LogP contribution >= 0.6 is 23.2 Å². The number of nitrogens with one attached hydrogen (secondary N) is 1. The van der Waals surface area contributed by atoms with Crippen LogP contribution in [0.25, 0.3) is 0 Å². The Labute approximate surface area is 151 Å². The van der Waals surface area contributed by atoms with Crippen molar-refractivity contribution in [3.8, 4) is 5.75 Å². The normalized spacial score (nSPS) is 13.9. The number of methoxy groups -OCH3 is 1. The lowest BCUT2D eigenvalue weighted by atomic mass is 10.2. The Morgan fingerprint density at radius 1 is 1.08 bits per heavy atom. The lowest BCUT2D eigenvalue weighted by Gasteiger charge is -2.19. The number of amides is 1. The molecule has 0 radical (unpaired) electrons. The molecule has 4 nitrogen and oxygen atoms in total. The van der Waals surface area contributed by atoms with Gasteiger partial charge in [-0.1, -0.05) is 23.2 Å². The number of carbonyl (C=O) groups excluding carboxylic acids is 1. The molecule has 1 N–H and O–H groups in total. The van der Waals surface area contributed by atoms with Crippen LogP contribution in [0, 0.1) is 0 Å². The minimum atomic E-state index is -0.246. The predicted octanol–water partition coefficient (Wildman–Crippen LogP) is 4.85. The van der Waals surface area contributed by atoms with Crippen LogP contribution in [0.2, 0.25) is 10.0 Å². The topological polar surface area (TPSA) is 41.6 Å². The molecule has 126 valence electrons. The fourth-order valence-electron chi connectivity index (χ4n) is 2.81. The maximum atomic E-state index is 12.4. The van der Waals surface area contributed by atoms with Crippen molar-refractivity contribution < 1.29 is 9.53 Å². The molecule has 1 aliphatic rings. The third-order valence-corrected chi connectivity index (χ3v) is 4.66. The van der Waals surface area contributed by atoms with Crippen molar-refractivity contribution in [1.29, 1.82) is 0 Å². The number of rotatable bonds is 4. The minimum Gasteiger partial charge on any atom is -0.495 e. The molecule has 1 amide bonds. The molecule has 3 rings (SSSR count). The highest BCUT2D eigenvalue weighted by molar-refractivity contribution is 6.34. The van der Waals surface area contributed by atoms with Crippen LogP contribution in [0.1, 0.15) is 23.2 Å². The number of ether oxygens (including phenoxy) is 1. The Morgan fingerprint density at radius 2 is 1.83 bits per heavy atom. The molecule has 0 atom stereocenters. The maximum Gasteiger partial charge on any atom is 0.255 e. The third kappa shape index (κ3) is 3.60. The molecule has 2 aromatic carbocycles. The van der Waals surface area contributed by atoms with E-state index in [1.54, 1.807) is 24.3 Å². The number of benzene rings is 2. The molecular weight excluding hydrogens is 347 g/mol. The Bertz CT molecular complexity index is 759. The smallest absolute Gasteiger partial charge is 0.255 e. The second-order valence-electron chi connectivity index (χ2n) is 5.66. The SMILES string of the molecule is COc1ccc(C(=O)Nc2ccc(N3CCCC3)c(Cl)c2)cc1Cl. The molecule has 2 aromatic rings. The van der Waals surface area contributed by atoms with Gasteiger partial charge in [0.2, 0.25) is 0 Å². The van der Waals surface area contributed by atoms with Gasteiger partial charge in [-0.2, -0.15) is 0 Å². The second-order valence-corrected chi connectivity index (χ2v) is 6.48. The summed E-state index contributed by atoms with van der Waals surface area (Å²) in [5, 5.41) is 3.88. The molecule has 1 aliphatic heterocycles. The van der Waals surface area contributed by atoms with Gasteiger partial charge in [-0.05, 0) is 49.2 Å².